The Morgan fingerprint density at radius 1 is 0.966 bits per heavy atom. The van der Waals surface area contributed by atoms with Crippen LogP contribution in [0.3, 0.4) is 0 Å². The normalized spacial score (nSPS) is 11.8. The SMILES string of the molecule is Clc1ccc(-c2c3c4[nH]c5ccccc5c4ccn3c[n+]2Cc2ccsc2)cc1. The first-order valence-electron chi connectivity index (χ1n) is 9.48. The van der Waals surface area contributed by atoms with Crippen LogP contribution in [0.2, 0.25) is 5.02 Å². The monoisotopic (exact) mass is 414 g/mol. The summed E-state index contributed by atoms with van der Waals surface area (Å²) in [5.74, 6) is 0. The van der Waals surface area contributed by atoms with Gasteiger partial charge in [0.1, 0.15) is 6.54 Å². The number of hydrogen-bond donors (Lipinski definition) is 1. The third kappa shape index (κ3) is 2.68. The van der Waals surface area contributed by atoms with Gasteiger partial charge in [-0.2, -0.15) is 15.7 Å². The summed E-state index contributed by atoms with van der Waals surface area (Å²) >= 11 is 7.91. The minimum atomic E-state index is 0.748. The first-order valence-corrected chi connectivity index (χ1v) is 10.8. The zero-order chi connectivity index (χ0) is 19.4. The van der Waals surface area contributed by atoms with Crippen molar-refractivity contribution in [1.29, 1.82) is 0 Å². The highest BCUT2D eigenvalue weighted by molar-refractivity contribution is 7.07. The van der Waals surface area contributed by atoms with Crippen molar-refractivity contribution in [2.45, 2.75) is 6.54 Å². The van der Waals surface area contributed by atoms with Crippen molar-refractivity contribution in [2.75, 3.05) is 0 Å². The maximum Gasteiger partial charge on any atom is 0.249 e. The lowest BCUT2D eigenvalue weighted by atomic mass is 10.1. The summed E-state index contributed by atoms with van der Waals surface area (Å²) in [6.07, 6.45) is 4.34. The number of rotatable bonds is 3. The molecule has 0 saturated heterocycles. The van der Waals surface area contributed by atoms with Gasteiger partial charge in [0.2, 0.25) is 11.8 Å². The van der Waals surface area contributed by atoms with Crippen molar-refractivity contribution >= 4 is 50.3 Å². The van der Waals surface area contributed by atoms with Gasteiger partial charge in [0.05, 0.1) is 11.7 Å². The van der Waals surface area contributed by atoms with Crippen molar-refractivity contribution in [3.05, 3.63) is 94.5 Å². The Labute approximate surface area is 176 Å². The van der Waals surface area contributed by atoms with Gasteiger partial charge in [-0.3, -0.25) is 0 Å². The third-order valence-corrected chi connectivity index (χ3v) is 6.45. The van der Waals surface area contributed by atoms with Crippen LogP contribution in [0, 0.1) is 0 Å². The first kappa shape index (κ1) is 16.8. The Hall–Kier alpha value is -3.08. The van der Waals surface area contributed by atoms with E-state index >= 15 is 0 Å². The molecule has 0 fully saturated rings. The van der Waals surface area contributed by atoms with Crippen LogP contribution in [-0.2, 0) is 6.54 Å². The number of para-hydroxylation sites is 1. The highest BCUT2D eigenvalue weighted by Crippen LogP contribution is 2.33. The second kappa shape index (κ2) is 6.48. The van der Waals surface area contributed by atoms with E-state index in [0.717, 1.165) is 28.2 Å². The van der Waals surface area contributed by atoms with E-state index in [9.17, 15) is 0 Å². The standard InChI is InChI=1S/C24H17ClN3S/c25-18-7-5-17(6-8-18)23-24-22-20(19-3-1-2-4-21(19)26-22)9-11-27(24)15-28(23)13-16-10-12-29-14-16/h1-12,14-15,26H,13H2/q+1. The van der Waals surface area contributed by atoms with E-state index in [2.05, 4.69) is 85.8 Å². The Morgan fingerprint density at radius 2 is 1.83 bits per heavy atom. The number of fused-ring (bicyclic) bond motifs is 5. The molecule has 6 rings (SSSR count). The van der Waals surface area contributed by atoms with Crippen LogP contribution in [0.25, 0.3) is 38.6 Å². The average Bonchev–Trinajstić information content (AvgIpc) is 3.45. The fraction of sp³-hybridized carbons (Fsp3) is 0.0417. The van der Waals surface area contributed by atoms with Gasteiger partial charge in [0.25, 0.3) is 0 Å². The van der Waals surface area contributed by atoms with Gasteiger partial charge >= 0.3 is 0 Å². The van der Waals surface area contributed by atoms with Gasteiger partial charge in [-0.1, -0.05) is 29.8 Å². The number of halogens is 1. The zero-order valence-electron chi connectivity index (χ0n) is 15.5. The lowest BCUT2D eigenvalue weighted by molar-refractivity contribution is -0.676. The lowest BCUT2D eigenvalue weighted by Gasteiger charge is -2.03. The molecule has 0 aliphatic carbocycles. The number of thiophene rings is 1. The Morgan fingerprint density at radius 3 is 2.66 bits per heavy atom. The number of benzene rings is 2. The van der Waals surface area contributed by atoms with Crippen molar-refractivity contribution in [2.24, 2.45) is 0 Å². The van der Waals surface area contributed by atoms with E-state index in [-0.39, 0.29) is 0 Å². The summed E-state index contributed by atoms with van der Waals surface area (Å²) in [7, 11) is 0. The van der Waals surface area contributed by atoms with Crippen LogP contribution in [0.4, 0.5) is 0 Å². The van der Waals surface area contributed by atoms with Gasteiger partial charge < -0.3 is 4.98 Å². The van der Waals surface area contributed by atoms with E-state index in [1.807, 2.05) is 12.1 Å². The average molecular weight is 415 g/mol. The molecule has 4 aromatic heterocycles. The van der Waals surface area contributed by atoms with E-state index in [1.54, 1.807) is 11.3 Å². The van der Waals surface area contributed by atoms with Crippen molar-refractivity contribution in [1.82, 2.24) is 9.38 Å². The van der Waals surface area contributed by atoms with E-state index < -0.39 is 0 Å². The minimum absolute atomic E-state index is 0.748. The van der Waals surface area contributed by atoms with Crippen molar-refractivity contribution in [3.8, 4) is 11.3 Å². The molecule has 4 heterocycles. The Kier molecular flexibility index (Phi) is 3.76. The highest BCUT2D eigenvalue weighted by Gasteiger charge is 2.24. The van der Waals surface area contributed by atoms with Crippen LogP contribution in [0.1, 0.15) is 5.56 Å². The quantitative estimate of drug-likeness (QED) is 0.329. The number of aromatic amines is 1. The predicted molar refractivity (Wildman–Crippen MR) is 121 cm³/mol. The van der Waals surface area contributed by atoms with Crippen molar-refractivity contribution in [3.63, 3.8) is 0 Å². The molecule has 6 aromatic rings. The summed E-state index contributed by atoms with van der Waals surface area (Å²) in [6, 6.07) is 21.0. The number of hydrogen-bond acceptors (Lipinski definition) is 1. The molecule has 2 aromatic carbocycles. The molecule has 0 bridgehead atoms. The molecule has 0 amide bonds. The summed E-state index contributed by atoms with van der Waals surface area (Å²) < 4.78 is 4.54. The predicted octanol–water partition coefficient (Wildman–Crippen LogP) is 6.29. The molecule has 0 spiro atoms. The number of aromatic nitrogens is 3. The van der Waals surface area contributed by atoms with Gasteiger partial charge in [-0.15, -0.1) is 0 Å². The first-order chi connectivity index (χ1) is 14.3. The molecule has 1 N–H and O–H groups in total. The molecular formula is C24H17ClN3S+. The molecule has 0 aliphatic rings. The van der Waals surface area contributed by atoms with Gasteiger partial charge in [-0.05, 0) is 53.2 Å². The number of H-pyrrole nitrogens is 1. The van der Waals surface area contributed by atoms with Gasteiger partial charge in [-0.25, -0.2) is 4.57 Å². The Bertz CT molecular complexity index is 1470. The number of nitrogens with one attached hydrogen (secondary N) is 1. The molecule has 140 valence electrons. The molecule has 0 aliphatic heterocycles. The van der Waals surface area contributed by atoms with Crippen LogP contribution < -0.4 is 4.57 Å². The van der Waals surface area contributed by atoms with Crippen LogP contribution >= 0.6 is 22.9 Å². The fourth-order valence-electron chi connectivity index (χ4n) is 4.17. The number of nitrogens with zero attached hydrogens (tertiary/aromatic N) is 2. The molecule has 3 nitrogen and oxygen atoms in total. The lowest BCUT2D eigenvalue weighted by Crippen LogP contribution is -2.34. The smallest absolute Gasteiger partial charge is 0.249 e. The maximum absolute atomic E-state index is 6.18. The van der Waals surface area contributed by atoms with Crippen molar-refractivity contribution < 1.29 is 4.57 Å². The summed E-state index contributed by atoms with van der Waals surface area (Å²) in [5, 5.41) is 7.57. The highest BCUT2D eigenvalue weighted by atomic mass is 35.5. The number of pyridine rings is 1. The number of imidazole rings is 1. The molecule has 0 radical (unpaired) electrons. The van der Waals surface area contributed by atoms with E-state index in [0.29, 0.717) is 0 Å². The van der Waals surface area contributed by atoms with Crippen LogP contribution in [0.5, 0.6) is 0 Å². The van der Waals surface area contributed by atoms with Crippen LogP contribution in [-0.4, -0.2) is 9.38 Å². The summed E-state index contributed by atoms with van der Waals surface area (Å²) in [6.45, 7) is 0.824. The second-order valence-electron chi connectivity index (χ2n) is 7.26. The zero-order valence-corrected chi connectivity index (χ0v) is 17.0. The van der Waals surface area contributed by atoms with Gasteiger partial charge in [0.15, 0.2) is 5.69 Å². The van der Waals surface area contributed by atoms with E-state index in [4.69, 9.17) is 11.6 Å². The Balaban J connectivity index is 1.71. The minimum Gasteiger partial charge on any atom is -0.351 e. The third-order valence-electron chi connectivity index (χ3n) is 5.47. The molecule has 0 unspecified atom stereocenters. The summed E-state index contributed by atoms with van der Waals surface area (Å²) in [5.41, 5.74) is 7.13. The molecule has 0 atom stereocenters. The maximum atomic E-state index is 6.18. The second-order valence-corrected chi connectivity index (χ2v) is 8.48. The molecule has 29 heavy (non-hydrogen) atoms. The van der Waals surface area contributed by atoms with Gasteiger partial charge in [0, 0.05) is 32.4 Å². The fourth-order valence-corrected chi connectivity index (χ4v) is 4.96. The summed E-state index contributed by atoms with van der Waals surface area (Å²) in [4.78, 5) is 3.66. The topological polar surface area (TPSA) is 24.1 Å². The molecular weight excluding hydrogens is 398 g/mol. The molecule has 5 heteroatoms. The molecule has 0 saturated carbocycles. The largest absolute Gasteiger partial charge is 0.351 e. The van der Waals surface area contributed by atoms with E-state index in [1.165, 1.54) is 27.5 Å². The van der Waals surface area contributed by atoms with Crippen LogP contribution in [0.15, 0.2) is 83.9 Å².